The van der Waals surface area contributed by atoms with E-state index in [1.807, 2.05) is 23.1 Å². The number of benzene rings is 2. The summed E-state index contributed by atoms with van der Waals surface area (Å²) in [5.74, 6) is 0.249. The highest BCUT2D eigenvalue weighted by molar-refractivity contribution is 5.97. The summed E-state index contributed by atoms with van der Waals surface area (Å²) in [5.41, 5.74) is 2.16. The van der Waals surface area contributed by atoms with Crippen LogP contribution in [0.15, 0.2) is 80.4 Å². The molecule has 1 aliphatic rings. The number of aromatic nitrogens is 2. The van der Waals surface area contributed by atoms with Gasteiger partial charge in [-0.3, -0.25) is 9.59 Å². The Kier molecular flexibility index (Phi) is 6.87. The van der Waals surface area contributed by atoms with Crippen LogP contribution in [0.1, 0.15) is 16.3 Å². The van der Waals surface area contributed by atoms with E-state index in [0.29, 0.717) is 66.8 Å². The number of anilines is 2. The number of nitrogens with zero attached hydrogens (tertiary/aromatic N) is 4. The number of nitrogens with one attached hydrogen (secondary N) is 2. The highest BCUT2D eigenvalue weighted by atomic mass is 19.1. The normalized spacial score (nSPS) is 13.5. The molecule has 11 nitrogen and oxygen atoms in total. The van der Waals surface area contributed by atoms with Crippen LogP contribution in [0, 0.1) is 5.82 Å². The molecular formula is C28H25FN6O5. The largest absolute Gasteiger partial charge is 0.451 e. The molecule has 0 aliphatic carbocycles. The standard InChI is InChI=1S/C28H25FN6O5/c29-21-13-18(22-15-20(40-32-22)16-30-26-7-12-38-33-26)5-6-23(21)34-8-10-35(11-9-34)27(36)17-31-28(37)25-14-19-3-1-2-4-24(19)39-25/h1-7,12-15H,8-11,16-17H2,(H,30,33)(H,31,37). The van der Waals surface area contributed by atoms with E-state index in [1.54, 1.807) is 41.3 Å². The summed E-state index contributed by atoms with van der Waals surface area (Å²) < 4.78 is 30.8. The van der Waals surface area contributed by atoms with Gasteiger partial charge in [-0.1, -0.05) is 34.6 Å². The van der Waals surface area contributed by atoms with Crippen molar-refractivity contribution >= 4 is 34.3 Å². The molecule has 4 heterocycles. The third kappa shape index (κ3) is 5.37. The molecule has 0 atom stereocenters. The van der Waals surface area contributed by atoms with Gasteiger partial charge in [-0.25, -0.2) is 4.39 Å². The van der Waals surface area contributed by atoms with E-state index in [2.05, 4.69) is 20.9 Å². The second-order valence-electron chi connectivity index (χ2n) is 9.28. The van der Waals surface area contributed by atoms with Crippen LogP contribution < -0.4 is 15.5 Å². The van der Waals surface area contributed by atoms with E-state index in [0.717, 1.165) is 5.39 Å². The van der Waals surface area contributed by atoms with Crippen molar-refractivity contribution < 1.29 is 27.4 Å². The Labute approximate surface area is 227 Å². The van der Waals surface area contributed by atoms with E-state index < -0.39 is 5.91 Å². The second-order valence-corrected chi connectivity index (χ2v) is 9.28. The van der Waals surface area contributed by atoms with Gasteiger partial charge in [-0.05, 0) is 24.3 Å². The molecule has 1 saturated heterocycles. The van der Waals surface area contributed by atoms with Gasteiger partial charge in [0.1, 0.15) is 23.4 Å². The highest BCUT2D eigenvalue weighted by Gasteiger charge is 2.24. The van der Waals surface area contributed by atoms with Gasteiger partial charge in [0, 0.05) is 49.3 Å². The minimum atomic E-state index is -0.448. The predicted molar refractivity (Wildman–Crippen MR) is 143 cm³/mol. The van der Waals surface area contributed by atoms with Gasteiger partial charge >= 0.3 is 0 Å². The Bertz CT molecular complexity index is 1600. The summed E-state index contributed by atoms with van der Waals surface area (Å²) in [6.45, 7) is 1.94. The Morgan fingerprint density at radius 1 is 0.975 bits per heavy atom. The third-order valence-electron chi connectivity index (χ3n) is 6.71. The number of halogens is 1. The zero-order valence-corrected chi connectivity index (χ0v) is 21.3. The van der Waals surface area contributed by atoms with Crippen molar-refractivity contribution in [1.82, 2.24) is 20.5 Å². The minimum Gasteiger partial charge on any atom is -0.451 e. The number of amides is 2. The number of para-hydroxylation sites is 1. The number of piperazine rings is 1. The molecule has 2 N–H and O–H groups in total. The fourth-order valence-electron chi connectivity index (χ4n) is 4.58. The van der Waals surface area contributed by atoms with Gasteiger partial charge in [0.25, 0.3) is 5.91 Å². The smallest absolute Gasteiger partial charge is 0.287 e. The zero-order valence-electron chi connectivity index (χ0n) is 21.3. The maximum atomic E-state index is 15.1. The summed E-state index contributed by atoms with van der Waals surface area (Å²) in [7, 11) is 0. The summed E-state index contributed by atoms with van der Waals surface area (Å²) >= 11 is 0. The first-order chi connectivity index (χ1) is 19.5. The number of hydrogen-bond donors (Lipinski definition) is 2. The van der Waals surface area contributed by atoms with Crippen LogP contribution >= 0.6 is 0 Å². The molecule has 1 fully saturated rings. The molecule has 204 valence electrons. The van der Waals surface area contributed by atoms with E-state index in [9.17, 15) is 9.59 Å². The van der Waals surface area contributed by atoms with Crippen molar-refractivity contribution in [3.63, 3.8) is 0 Å². The minimum absolute atomic E-state index is 0.146. The summed E-state index contributed by atoms with van der Waals surface area (Å²) in [5, 5.41) is 14.3. The van der Waals surface area contributed by atoms with Crippen LogP contribution in [0.4, 0.5) is 15.9 Å². The Morgan fingerprint density at radius 3 is 2.60 bits per heavy atom. The van der Waals surface area contributed by atoms with Crippen molar-refractivity contribution in [2.45, 2.75) is 6.54 Å². The molecule has 40 heavy (non-hydrogen) atoms. The average Bonchev–Trinajstić information content (AvgIpc) is 3.76. The van der Waals surface area contributed by atoms with Crippen molar-refractivity contribution in [3.8, 4) is 11.3 Å². The Hall–Kier alpha value is -5.13. The van der Waals surface area contributed by atoms with Crippen LogP contribution in [-0.2, 0) is 11.3 Å². The van der Waals surface area contributed by atoms with Crippen LogP contribution in [0.3, 0.4) is 0 Å². The summed E-state index contributed by atoms with van der Waals surface area (Å²) in [4.78, 5) is 28.7. The fraction of sp³-hybridized carbons (Fsp3) is 0.214. The molecule has 1 aliphatic heterocycles. The predicted octanol–water partition coefficient (Wildman–Crippen LogP) is 3.91. The van der Waals surface area contributed by atoms with E-state index >= 15 is 4.39 Å². The summed E-state index contributed by atoms with van der Waals surface area (Å²) in [6.07, 6.45) is 1.46. The number of carbonyl (C=O) groups excluding carboxylic acids is 2. The van der Waals surface area contributed by atoms with Gasteiger partial charge in [-0.2, -0.15) is 0 Å². The molecule has 2 aromatic carbocycles. The lowest BCUT2D eigenvalue weighted by Gasteiger charge is -2.36. The number of carbonyl (C=O) groups is 2. The maximum absolute atomic E-state index is 15.1. The first-order valence-corrected chi connectivity index (χ1v) is 12.7. The Balaban J connectivity index is 1.00. The second kappa shape index (κ2) is 10.9. The molecule has 2 amide bonds. The quantitative estimate of drug-likeness (QED) is 0.299. The molecule has 0 bridgehead atoms. The first-order valence-electron chi connectivity index (χ1n) is 12.7. The molecule has 0 saturated carbocycles. The topological polar surface area (TPSA) is 130 Å². The van der Waals surface area contributed by atoms with Crippen LogP contribution in [0.5, 0.6) is 0 Å². The zero-order chi connectivity index (χ0) is 27.5. The molecule has 12 heteroatoms. The summed E-state index contributed by atoms with van der Waals surface area (Å²) in [6, 6.07) is 17.3. The fourth-order valence-corrected chi connectivity index (χ4v) is 4.58. The molecular weight excluding hydrogens is 519 g/mol. The lowest BCUT2D eigenvalue weighted by molar-refractivity contribution is -0.130. The lowest BCUT2D eigenvalue weighted by atomic mass is 10.1. The van der Waals surface area contributed by atoms with Gasteiger partial charge in [-0.15, -0.1) is 0 Å². The van der Waals surface area contributed by atoms with Crippen molar-refractivity contribution in [2.24, 2.45) is 0 Å². The SMILES string of the molecule is O=C(NCC(=O)N1CCN(c2ccc(-c3cc(CNc4ccon4)on3)cc2F)CC1)c1cc2ccccc2o1. The molecule has 0 spiro atoms. The van der Waals surface area contributed by atoms with E-state index in [4.69, 9.17) is 13.5 Å². The average molecular weight is 545 g/mol. The number of hydrogen-bond acceptors (Lipinski definition) is 9. The van der Waals surface area contributed by atoms with E-state index in [1.165, 1.54) is 12.3 Å². The number of furan rings is 1. The van der Waals surface area contributed by atoms with Crippen LogP contribution in [0.2, 0.25) is 0 Å². The maximum Gasteiger partial charge on any atom is 0.287 e. The van der Waals surface area contributed by atoms with Crippen LogP contribution in [-0.4, -0.2) is 59.8 Å². The monoisotopic (exact) mass is 544 g/mol. The molecule has 6 rings (SSSR count). The molecule has 3 aromatic heterocycles. The molecule has 0 unspecified atom stereocenters. The number of fused-ring (bicyclic) bond motifs is 1. The number of rotatable bonds is 8. The van der Waals surface area contributed by atoms with Crippen molar-refractivity contribution in [3.05, 3.63) is 84.3 Å². The highest BCUT2D eigenvalue weighted by Crippen LogP contribution is 2.27. The van der Waals surface area contributed by atoms with Crippen molar-refractivity contribution in [1.29, 1.82) is 0 Å². The van der Waals surface area contributed by atoms with Gasteiger partial charge in [0.2, 0.25) is 5.91 Å². The Morgan fingerprint density at radius 2 is 1.82 bits per heavy atom. The first kappa shape index (κ1) is 25.2. The van der Waals surface area contributed by atoms with Gasteiger partial charge in [0.15, 0.2) is 17.3 Å². The van der Waals surface area contributed by atoms with E-state index in [-0.39, 0.29) is 24.0 Å². The van der Waals surface area contributed by atoms with Crippen molar-refractivity contribution in [2.75, 3.05) is 42.9 Å². The molecule has 5 aromatic rings. The lowest BCUT2D eigenvalue weighted by Crippen LogP contribution is -2.51. The van der Waals surface area contributed by atoms with Crippen LogP contribution in [0.25, 0.3) is 22.2 Å². The van der Waals surface area contributed by atoms with Gasteiger partial charge < -0.3 is 33.9 Å². The molecule has 0 radical (unpaired) electrons. The third-order valence-corrected chi connectivity index (χ3v) is 6.71. The van der Waals surface area contributed by atoms with Gasteiger partial charge in [0.05, 0.1) is 18.8 Å².